The fourth-order valence-electron chi connectivity index (χ4n) is 3.89. The first kappa shape index (κ1) is 16.6. The summed E-state index contributed by atoms with van der Waals surface area (Å²) in [7, 11) is 0. The second-order valence-corrected chi connectivity index (χ2v) is 7.57. The second kappa shape index (κ2) is 7.59. The lowest BCUT2D eigenvalue weighted by Crippen LogP contribution is -2.38. The number of benzene rings is 2. The Labute approximate surface area is 150 Å². The van der Waals surface area contributed by atoms with Crippen molar-refractivity contribution in [3.05, 3.63) is 65.7 Å². The van der Waals surface area contributed by atoms with Crippen molar-refractivity contribution < 1.29 is 4.74 Å². The average Bonchev–Trinajstić information content (AvgIpc) is 3.42. The molecule has 132 valence electrons. The van der Waals surface area contributed by atoms with Crippen LogP contribution in [0, 0.1) is 0 Å². The van der Waals surface area contributed by atoms with E-state index in [-0.39, 0.29) is 0 Å². The van der Waals surface area contributed by atoms with Crippen LogP contribution in [-0.4, -0.2) is 18.1 Å². The highest BCUT2D eigenvalue weighted by Crippen LogP contribution is 2.42. The van der Waals surface area contributed by atoms with Crippen molar-refractivity contribution in [2.45, 2.75) is 62.8 Å². The first-order chi connectivity index (χ1) is 12.3. The van der Waals surface area contributed by atoms with Gasteiger partial charge in [0, 0.05) is 24.0 Å². The molecule has 0 aromatic heterocycles. The van der Waals surface area contributed by atoms with Gasteiger partial charge in [0.1, 0.15) is 12.4 Å². The smallest absolute Gasteiger partial charge is 0.119 e. The molecule has 0 radical (unpaired) electrons. The fraction of sp³-hybridized carbons (Fsp3) is 0.455. The van der Waals surface area contributed by atoms with E-state index in [0.29, 0.717) is 30.7 Å². The molecule has 3 nitrogen and oxygen atoms in total. The minimum absolute atomic E-state index is 0.427. The summed E-state index contributed by atoms with van der Waals surface area (Å²) in [4.78, 5) is 0. The normalized spacial score (nSPS) is 28.5. The van der Waals surface area contributed by atoms with Crippen molar-refractivity contribution in [3.8, 4) is 5.75 Å². The molecule has 2 aromatic rings. The monoisotopic (exact) mass is 336 g/mol. The maximum atomic E-state index is 6.00. The van der Waals surface area contributed by atoms with E-state index in [1.54, 1.807) is 0 Å². The molecule has 0 aliphatic heterocycles. The standard InChI is InChI=1S/C22H28N2O/c23-18-8-10-19(11-9-18)24-22-14-21(22)17-6-12-20(13-7-17)25-15-16-4-2-1-3-5-16/h1-7,12-13,18-19,21-22,24H,8-11,14-15,23H2/t18?,19?,21-,22+/m0/s1. The van der Waals surface area contributed by atoms with Crippen molar-refractivity contribution >= 4 is 0 Å². The Kier molecular flexibility index (Phi) is 5.04. The lowest BCUT2D eigenvalue weighted by Gasteiger charge is -2.27. The molecular weight excluding hydrogens is 308 g/mol. The van der Waals surface area contributed by atoms with Gasteiger partial charge in [0.15, 0.2) is 0 Å². The maximum absolute atomic E-state index is 6.00. The highest BCUT2D eigenvalue weighted by molar-refractivity contribution is 5.34. The molecule has 0 bridgehead atoms. The minimum Gasteiger partial charge on any atom is -0.489 e. The van der Waals surface area contributed by atoms with Crippen LogP contribution in [0.15, 0.2) is 54.6 Å². The van der Waals surface area contributed by atoms with Crippen LogP contribution < -0.4 is 15.8 Å². The van der Waals surface area contributed by atoms with Gasteiger partial charge in [-0.3, -0.25) is 0 Å². The molecule has 0 unspecified atom stereocenters. The van der Waals surface area contributed by atoms with Gasteiger partial charge in [0.05, 0.1) is 0 Å². The van der Waals surface area contributed by atoms with E-state index in [1.165, 1.54) is 43.2 Å². The van der Waals surface area contributed by atoms with E-state index < -0.39 is 0 Å². The van der Waals surface area contributed by atoms with Gasteiger partial charge in [0.2, 0.25) is 0 Å². The molecular formula is C22H28N2O. The van der Waals surface area contributed by atoms with Crippen LogP contribution in [0.3, 0.4) is 0 Å². The SMILES string of the molecule is NC1CCC(N[C@@H]2C[C@H]2c2ccc(OCc3ccccc3)cc2)CC1. The molecule has 2 aliphatic carbocycles. The van der Waals surface area contributed by atoms with Crippen LogP contribution in [0.4, 0.5) is 0 Å². The van der Waals surface area contributed by atoms with Crippen LogP contribution in [-0.2, 0) is 6.61 Å². The van der Waals surface area contributed by atoms with Crippen LogP contribution in [0.1, 0.15) is 49.1 Å². The molecule has 2 saturated carbocycles. The van der Waals surface area contributed by atoms with Gasteiger partial charge in [-0.1, -0.05) is 42.5 Å². The molecule has 0 spiro atoms. The van der Waals surface area contributed by atoms with Crippen LogP contribution in [0.2, 0.25) is 0 Å². The molecule has 0 saturated heterocycles. The number of nitrogens with one attached hydrogen (secondary N) is 1. The Balaban J connectivity index is 1.25. The van der Waals surface area contributed by atoms with E-state index in [1.807, 2.05) is 18.2 Å². The van der Waals surface area contributed by atoms with Crippen LogP contribution >= 0.6 is 0 Å². The van der Waals surface area contributed by atoms with E-state index in [9.17, 15) is 0 Å². The summed E-state index contributed by atoms with van der Waals surface area (Å²) in [5, 5.41) is 3.84. The van der Waals surface area contributed by atoms with Crippen LogP contribution in [0.25, 0.3) is 0 Å². The second-order valence-electron chi connectivity index (χ2n) is 7.57. The molecule has 25 heavy (non-hydrogen) atoms. The third-order valence-corrected chi connectivity index (χ3v) is 5.57. The van der Waals surface area contributed by atoms with Crippen molar-refractivity contribution in [2.24, 2.45) is 5.73 Å². The van der Waals surface area contributed by atoms with Crippen molar-refractivity contribution in [1.29, 1.82) is 0 Å². The Morgan fingerprint density at radius 1 is 0.920 bits per heavy atom. The molecule has 0 heterocycles. The molecule has 2 aromatic carbocycles. The topological polar surface area (TPSA) is 47.3 Å². The third kappa shape index (κ3) is 4.42. The summed E-state index contributed by atoms with van der Waals surface area (Å²) in [5.74, 6) is 1.61. The van der Waals surface area contributed by atoms with Gasteiger partial charge >= 0.3 is 0 Å². The first-order valence-corrected chi connectivity index (χ1v) is 9.56. The largest absolute Gasteiger partial charge is 0.489 e. The minimum atomic E-state index is 0.427. The van der Waals surface area contributed by atoms with Gasteiger partial charge in [-0.25, -0.2) is 0 Å². The molecule has 3 N–H and O–H groups in total. The lowest BCUT2D eigenvalue weighted by atomic mass is 9.92. The summed E-state index contributed by atoms with van der Waals surface area (Å²) in [6.07, 6.45) is 6.06. The zero-order valence-electron chi connectivity index (χ0n) is 14.7. The Hall–Kier alpha value is -1.84. The van der Waals surface area contributed by atoms with Crippen LogP contribution in [0.5, 0.6) is 5.75 Å². The number of hydrogen-bond donors (Lipinski definition) is 2. The number of hydrogen-bond acceptors (Lipinski definition) is 3. The Morgan fingerprint density at radius 2 is 1.64 bits per heavy atom. The van der Waals surface area contributed by atoms with Gasteiger partial charge < -0.3 is 15.8 Å². The lowest BCUT2D eigenvalue weighted by molar-refractivity contribution is 0.306. The zero-order valence-corrected chi connectivity index (χ0v) is 14.7. The summed E-state index contributed by atoms with van der Waals surface area (Å²) >= 11 is 0. The first-order valence-electron chi connectivity index (χ1n) is 9.56. The van der Waals surface area contributed by atoms with Gasteiger partial charge in [-0.15, -0.1) is 0 Å². The molecule has 2 atom stereocenters. The van der Waals surface area contributed by atoms with E-state index in [0.717, 1.165) is 5.75 Å². The summed E-state index contributed by atoms with van der Waals surface area (Å²) < 4.78 is 5.88. The quantitative estimate of drug-likeness (QED) is 0.839. The zero-order chi connectivity index (χ0) is 17.1. The third-order valence-electron chi connectivity index (χ3n) is 5.57. The average molecular weight is 336 g/mol. The fourth-order valence-corrected chi connectivity index (χ4v) is 3.89. The van der Waals surface area contributed by atoms with E-state index >= 15 is 0 Å². The molecule has 0 amide bonds. The highest BCUT2D eigenvalue weighted by atomic mass is 16.5. The van der Waals surface area contributed by atoms with Gasteiger partial charge in [-0.05, 0) is 55.4 Å². The predicted molar refractivity (Wildman–Crippen MR) is 102 cm³/mol. The van der Waals surface area contributed by atoms with Crippen molar-refractivity contribution in [3.63, 3.8) is 0 Å². The summed E-state index contributed by atoms with van der Waals surface area (Å²) in [6.45, 7) is 0.623. The van der Waals surface area contributed by atoms with E-state index in [4.69, 9.17) is 10.5 Å². The summed E-state index contributed by atoms with van der Waals surface area (Å²) in [6, 6.07) is 20.7. The van der Waals surface area contributed by atoms with E-state index in [2.05, 4.69) is 41.7 Å². The van der Waals surface area contributed by atoms with Gasteiger partial charge in [-0.2, -0.15) is 0 Å². The Bertz CT molecular complexity index is 662. The van der Waals surface area contributed by atoms with Crippen molar-refractivity contribution in [2.75, 3.05) is 0 Å². The molecule has 2 aliphatic rings. The highest BCUT2D eigenvalue weighted by Gasteiger charge is 2.39. The molecule has 3 heteroatoms. The van der Waals surface area contributed by atoms with Crippen molar-refractivity contribution in [1.82, 2.24) is 5.32 Å². The number of nitrogens with two attached hydrogens (primary N) is 1. The molecule has 4 rings (SSSR count). The number of ether oxygens (including phenoxy) is 1. The maximum Gasteiger partial charge on any atom is 0.119 e. The summed E-state index contributed by atoms with van der Waals surface area (Å²) in [5.41, 5.74) is 8.63. The van der Waals surface area contributed by atoms with Gasteiger partial charge in [0.25, 0.3) is 0 Å². The number of rotatable bonds is 6. The predicted octanol–water partition coefficient (Wildman–Crippen LogP) is 3.98. The molecule has 2 fully saturated rings. The Morgan fingerprint density at radius 3 is 2.36 bits per heavy atom.